The summed E-state index contributed by atoms with van der Waals surface area (Å²) in [7, 11) is 1.56. The number of hydrogen-bond acceptors (Lipinski definition) is 4. The van der Waals surface area contributed by atoms with E-state index < -0.39 is 5.92 Å². The van der Waals surface area contributed by atoms with Crippen LogP contribution in [0.25, 0.3) is 0 Å². The zero-order valence-electron chi connectivity index (χ0n) is 11.1. The van der Waals surface area contributed by atoms with E-state index in [4.69, 9.17) is 9.15 Å². The van der Waals surface area contributed by atoms with Gasteiger partial charge in [-0.15, -0.1) is 0 Å². The van der Waals surface area contributed by atoms with Crippen LogP contribution >= 0.6 is 0 Å². The Kier molecular flexibility index (Phi) is 3.14. The van der Waals surface area contributed by atoms with Crippen LogP contribution in [-0.2, 0) is 6.42 Å². The number of methoxy groups -OCH3 is 1. The molecule has 0 radical (unpaired) electrons. The molecule has 3 rings (SSSR count). The fourth-order valence-corrected chi connectivity index (χ4v) is 2.59. The third-order valence-electron chi connectivity index (χ3n) is 3.68. The Morgan fingerprint density at radius 2 is 2.20 bits per heavy atom. The topological polar surface area (TPSA) is 56.5 Å². The summed E-state index contributed by atoms with van der Waals surface area (Å²) in [5.74, 6) is -0.168. The highest BCUT2D eigenvalue weighted by atomic mass is 16.5. The Morgan fingerprint density at radius 1 is 1.35 bits per heavy atom. The lowest BCUT2D eigenvalue weighted by Gasteiger charge is -2.22. The highest BCUT2D eigenvalue weighted by Crippen LogP contribution is 2.30. The molecule has 0 amide bonds. The van der Waals surface area contributed by atoms with Gasteiger partial charge in [0.1, 0.15) is 5.75 Å². The van der Waals surface area contributed by atoms with Gasteiger partial charge >= 0.3 is 0 Å². The van der Waals surface area contributed by atoms with E-state index in [0.717, 1.165) is 5.56 Å². The molecule has 102 valence electrons. The molecule has 0 aliphatic heterocycles. The van der Waals surface area contributed by atoms with Gasteiger partial charge in [0.2, 0.25) is 5.78 Å². The van der Waals surface area contributed by atoms with Crippen LogP contribution in [0.1, 0.15) is 32.9 Å². The van der Waals surface area contributed by atoms with Crippen LogP contribution in [0.4, 0.5) is 0 Å². The molecule has 1 atom stereocenters. The molecule has 1 aliphatic carbocycles. The Labute approximate surface area is 116 Å². The zero-order chi connectivity index (χ0) is 14.1. The summed E-state index contributed by atoms with van der Waals surface area (Å²) in [5.41, 5.74) is 1.56. The number of furan rings is 1. The number of Topliss-reactive ketones (excluding diaryl/α,β-unsaturated/α-hetero) is 2. The fourth-order valence-electron chi connectivity index (χ4n) is 2.59. The molecule has 0 N–H and O–H groups in total. The minimum atomic E-state index is -0.652. The molecule has 4 heteroatoms. The summed E-state index contributed by atoms with van der Waals surface area (Å²) < 4.78 is 10.2. The lowest BCUT2D eigenvalue weighted by Crippen LogP contribution is -2.29. The minimum absolute atomic E-state index is 0.147. The van der Waals surface area contributed by atoms with Crippen LogP contribution in [0.5, 0.6) is 5.75 Å². The van der Waals surface area contributed by atoms with Crippen LogP contribution in [0.3, 0.4) is 0 Å². The van der Waals surface area contributed by atoms with Crippen LogP contribution in [0, 0.1) is 5.92 Å². The van der Waals surface area contributed by atoms with Crippen molar-refractivity contribution in [2.75, 3.05) is 7.11 Å². The molecule has 0 bridgehead atoms. The second kappa shape index (κ2) is 4.96. The van der Waals surface area contributed by atoms with E-state index >= 15 is 0 Å². The maximum absolute atomic E-state index is 12.5. The van der Waals surface area contributed by atoms with Crippen molar-refractivity contribution in [3.63, 3.8) is 0 Å². The predicted octanol–water partition coefficient (Wildman–Crippen LogP) is 2.92. The van der Waals surface area contributed by atoms with E-state index in [9.17, 15) is 9.59 Å². The monoisotopic (exact) mass is 270 g/mol. The van der Waals surface area contributed by atoms with Crippen molar-refractivity contribution in [1.29, 1.82) is 0 Å². The molecule has 0 saturated carbocycles. The highest BCUT2D eigenvalue weighted by molar-refractivity contribution is 6.16. The molecule has 0 fully saturated rings. The van der Waals surface area contributed by atoms with E-state index in [2.05, 4.69) is 0 Å². The van der Waals surface area contributed by atoms with Gasteiger partial charge in [-0.1, -0.05) is 6.07 Å². The molecule has 2 aromatic rings. The fraction of sp³-hybridized carbons (Fsp3) is 0.250. The van der Waals surface area contributed by atoms with Gasteiger partial charge in [0.25, 0.3) is 0 Å². The van der Waals surface area contributed by atoms with Crippen molar-refractivity contribution < 1.29 is 18.7 Å². The summed E-state index contributed by atoms with van der Waals surface area (Å²) in [6.07, 6.45) is 2.68. The zero-order valence-corrected chi connectivity index (χ0v) is 11.1. The summed E-state index contributed by atoms with van der Waals surface area (Å²) in [6, 6.07) is 8.67. The number of rotatable bonds is 3. The van der Waals surface area contributed by atoms with Gasteiger partial charge in [-0.2, -0.15) is 0 Å². The number of aryl methyl sites for hydroxylation is 1. The van der Waals surface area contributed by atoms with Crippen LogP contribution in [0.2, 0.25) is 0 Å². The molecule has 0 spiro atoms. The smallest absolute Gasteiger partial charge is 0.208 e. The molecular formula is C16H14O4. The summed E-state index contributed by atoms with van der Waals surface area (Å²) in [4.78, 5) is 24.8. The Hall–Kier alpha value is -2.36. The van der Waals surface area contributed by atoms with Crippen molar-refractivity contribution in [2.24, 2.45) is 5.92 Å². The lowest BCUT2D eigenvalue weighted by atomic mass is 9.80. The Morgan fingerprint density at radius 3 is 2.90 bits per heavy atom. The minimum Gasteiger partial charge on any atom is -0.497 e. The first kappa shape index (κ1) is 12.7. The normalized spacial score (nSPS) is 17.6. The van der Waals surface area contributed by atoms with Crippen LogP contribution in [-0.4, -0.2) is 18.7 Å². The van der Waals surface area contributed by atoms with Crippen molar-refractivity contribution in [3.8, 4) is 5.75 Å². The standard InChI is InChI=1S/C16H14O4/c1-19-11-6-4-10-5-7-12(15(17)13(10)9-11)16(18)14-3-2-8-20-14/h2-4,6,8-9,12H,5,7H2,1H3. The molecule has 1 aliphatic rings. The van der Waals surface area contributed by atoms with Crippen molar-refractivity contribution in [3.05, 3.63) is 53.5 Å². The van der Waals surface area contributed by atoms with E-state index in [1.165, 1.54) is 6.26 Å². The molecule has 1 unspecified atom stereocenters. The number of carbonyl (C=O) groups excluding carboxylic acids is 2. The predicted molar refractivity (Wildman–Crippen MR) is 72.2 cm³/mol. The third-order valence-corrected chi connectivity index (χ3v) is 3.68. The molecule has 20 heavy (non-hydrogen) atoms. The highest BCUT2D eigenvalue weighted by Gasteiger charge is 2.34. The van der Waals surface area contributed by atoms with E-state index in [1.807, 2.05) is 12.1 Å². The molecular weight excluding hydrogens is 256 g/mol. The lowest BCUT2D eigenvalue weighted by molar-refractivity contribution is 0.0773. The Balaban J connectivity index is 1.94. The molecule has 1 aromatic carbocycles. The first-order valence-electron chi connectivity index (χ1n) is 6.49. The number of fused-ring (bicyclic) bond motifs is 1. The van der Waals surface area contributed by atoms with Gasteiger partial charge < -0.3 is 9.15 Å². The van der Waals surface area contributed by atoms with Crippen molar-refractivity contribution >= 4 is 11.6 Å². The van der Waals surface area contributed by atoms with Crippen molar-refractivity contribution in [2.45, 2.75) is 12.8 Å². The van der Waals surface area contributed by atoms with Crippen LogP contribution in [0.15, 0.2) is 41.0 Å². The van der Waals surface area contributed by atoms with Gasteiger partial charge in [0, 0.05) is 5.56 Å². The number of carbonyl (C=O) groups is 2. The van der Waals surface area contributed by atoms with Gasteiger partial charge in [-0.3, -0.25) is 9.59 Å². The van der Waals surface area contributed by atoms with Gasteiger partial charge in [0.05, 0.1) is 19.3 Å². The first-order valence-corrected chi connectivity index (χ1v) is 6.49. The number of ketones is 2. The summed E-state index contributed by atoms with van der Waals surface area (Å²) in [5, 5.41) is 0. The van der Waals surface area contributed by atoms with E-state index in [-0.39, 0.29) is 17.3 Å². The molecule has 4 nitrogen and oxygen atoms in total. The number of hydrogen-bond donors (Lipinski definition) is 0. The van der Waals surface area contributed by atoms with E-state index in [1.54, 1.807) is 25.3 Å². The maximum atomic E-state index is 12.5. The van der Waals surface area contributed by atoms with Gasteiger partial charge in [-0.05, 0) is 42.7 Å². The quantitative estimate of drug-likeness (QED) is 0.635. The molecule has 1 aromatic heterocycles. The second-order valence-corrected chi connectivity index (χ2v) is 4.82. The Bertz CT molecular complexity index is 655. The van der Waals surface area contributed by atoms with Crippen molar-refractivity contribution in [1.82, 2.24) is 0 Å². The molecule has 0 saturated heterocycles. The van der Waals surface area contributed by atoms with E-state index in [0.29, 0.717) is 24.2 Å². The van der Waals surface area contributed by atoms with Gasteiger partial charge in [0.15, 0.2) is 11.5 Å². The second-order valence-electron chi connectivity index (χ2n) is 4.82. The number of ether oxygens (including phenoxy) is 1. The number of benzene rings is 1. The SMILES string of the molecule is COc1ccc2c(c1)C(=O)C(C(=O)c1ccco1)CC2. The first-order chi connectivity index (χ1) is 9.70. The summed E-state index contributed by atoms with van der Waals surface area (Å²) >= 11 is 0. The average Bonchev–Trinajstić information content (AvgIpc) is 3.01. The third kappa shape index (κ3) is 2.03. The van der Waals surface area contributed by atoms with Crippen LogP contribution < -0.4 is 4.74 Å². The maximum Gasteiger partial charge on any atom is 0.208 e. The average molecular weight is 270 g/mol. The largest absolute Gasteiger partial charge is 0.497 e. The van der Waals surface area contributed by atoms with Gasteiger partial charge in [-0.25, -0.2) is 0 Å². The molecule has 1 heterocycles. The summed E-state index contributed by atoms with van der Waals surface area (Å²) in [6.45, 7) is 0.